The zero-order valence-corrected chi connectivity index (χ0v) is 12.4. The van der Waals surface area contributed by atoms with E-state index in [1.165, 1.54) is 25.3 Å². The van der Waals surface area contributed by atoms with Gasteiger partial charge in [-0.1, -0.05) is 18.2 Å². The Bertz CT molecular complexity index is 656. The van der Waals surface area contributed by atoms with Gasteiger partial charge in [0, 0.05) is 13.7 Å². The van der Waals surface area contributed by atoms with Gasteiger partial charge >= 0.3 is 0 Å². The monoisotopic (exact) mass is 315 g/mol. The van der Waals surface area contributed by atoms with E-state index in [9.17, 15) is 12.8 Å². The Hall–Kier alpha value is -1.28. The van der Waals surface area contributed by atoms with Crippen LogP contribution in [0.1, 0.15) is 11.7 Å². The summed E-state index contributed by atoms with van der Waals surface area (Å²) in [4.78, 5) is 0. The van der Waals surface area contributed by atoms with Crippen LogP contribution in [0.5, 0.6) is 0 Å². The molecule has 1 aromatic heterocycles. The van der Waals surface area contributed by atoms with Crippen molar-refractivity contribution < 1.29 is 17.5 Å². The van der Waals surface area contributed by atoms with Gasteiger partial charge in [0.1, 0.15) is 10.0 Å². The fourth-order valence-electron chi connectivity index (χ4n) is 1.72. The molecule has 1 atom stereocenters. The molecule has 0 saturated carbocycles. The summed E-state index contributed by atoms with van der Waals surface area (Å²) in [5, 5.41) is 1.69. The summed E-state index contributed by atoms with van der Waals surface area (Å²) in [7, 11) is -2.09. The molecule has 108 valence electrons. The van der Waals surface area contributed by atoms with E-state index in [1.54, 1.807) is 23.6 Å². The van der Waals surface area contributed by atoms with Gasteiger partial charge in [0.15, 0.2) is 0 Å². The van der Waals surface area contributed by atoms with E-state index < -0.39 is 16.1 Å². The summed E-state index contributed by atoms with van der Waals surface area (Å²) in [5.74, 6) is -0.384. The smallest absolute Gasteiger partial charge is 0.250 e. The van der Waals surface area contributed by atoms with Crippen molar-refractivity contribution in [3.05, 3.63) is 53.2 Å². The molecule has 4 nitrogen and oxygen atoms in total. The normalized spacial score (nSPS) is 13.3. The second kappa shape index (κ2) is 6.45. The van der Waals surface area contributed by atoms with Crippen LogP contribution in [-0.2, 0) is 14.8 Å². The highest BCUT2D eigenvalue weighted by Gasteiger charge is 2.18. The molecular weight excluding hydrogens is 301 g/mol. The fraction of sp³-hybridized carbons (Fsp3) is 0.231. The number of benzene rings is 1. The number of hydrogen-bond donors (Lipinski definition) is 1. The molecule has 2 rings (SSSR count). The van der Waals surface area contributed by atoms with Gasteiger partial charge in [-0.2, -0.15) is 0 Å². The lowest BCUT2D eigenvalue weighted by atomic mass is 10.1. The first-order chi connectivity index (χ1) is 9.53. The molecule has 0 aliphatic heterocycles. The summed E-state index contributed by atoms with van der Waals surface area (Å²) in [6.45, 7) is 0.0419. The average Bonchev–Trinajstić information content (AvgIpc) is 2.94. The average molecular weight is 315 g/mol. The zero-order valence-electron chi connectivity index (χ0n) is 10.7. The van der Waals surface area contributed by atoms with Crippen molar-refractivity contribution in [3.63, 3.8) is 0 Å². The molecule has 2 aromatic rings. The second-order valence-corrected chi connectivity index (χ2v) is 7.00. The molecule has 1 unspecified atom stereocenters. The molecule has 0 spiro atoms. The minimum Gasteiger partial charge on any atom is -0.375 e. The molecule has 7 heteroatoms. The summed E-state index contributed by atoms with van der Waals surface area (Å²) in [6, 6.07) is 9.09. The van der Waals surface area contributed by atoms with Gasteiger partial charge in [-0.25, -0.2) is 17.5 Å². The van der Waals surface area contributed by atoms with Gasteiger partial charge in [0.25, 0.3) is 0 Å². The van der Waals surface area contributed by atoms with Gasteiger partial charge in [0.2, 0.25) is 10.0 Å². The van der Waals surface area contributed by atoms with Crippen LogP contribution in [0.15, 0.2) is 46.0 Å². The van der Waals surface area contributed by atoms with Crippen molar-refractivity contribution >= 4 is 21.4 Å². The molecule has 0 bridgehead atoms. The largest absolute Gasteiger partial charge is 0.375 e. The van der Waals surface area contributed by atoms with E-state index in [-0.39, 0.29) is 16.6 Å². The summed E-state index contributed by atoms with van der Waals surface area (Å²) in [5.41, 5.74) is 0.585. The lowest BCUT2D eigenvalue weighted by Gasteiger charge is -2.16. The van der Waals surface area contributed by atoms with Gasteiger partial charge in [-0.3, -0.25) is 0 Å². The van der Waals surface area contributed by atoms with Crippen LogP contribution >= 0.6 is 11.3 Å². The van der Waals surface area contributed by atoms with Crippen molar-refractivity contribution in [3.8, 4) is 0 Å². The van der Waals surface area contributed by atoms with E-state index in [1.807, 2.05) is 0 Å². The molecule has 0 amide bonds. The number of hydrogen-bond acceptors (Lipinski definition) is 4. The molecule has 20 heavy (non-hydrogen) atoms. The molecule has 0 aliphatic rings. The van der Waals surface area contributed by atoms with Crippen molar-refractivity contribution in [1.82, 2.24) is 4.72 Å². The molecule has 0 radical (unpaired) electrons. The molecule has 0 aliphatic carbocycles. The highest BCUT2D eigenvalue weighted by Crippen LogP contribution is 2.19. The zero-order chi connectivity index (χ0) is 14.6. The van der Waals surface area contributed by atoms with Gasteiger partial charge < -0.3 is 4.74 Å². The number of methoxy groups -OCH3 is 1. The molecule has 0 saturated heterocycles. The maximum atomic E-state index is 13.2. The second-order valence-electron chi connectivity index (χ2n) is 4.06. The summed E-state index contributed by atoms with van der Waals surface area (Å²) >= 11 is 1.14. The van der Waals surface area contributed by atoms with Crippen LogP contribution in [0.25, 0.3) is 0 Å². The predicted molar refractivity (Wildman–Crippen MR) is 75.7 cm³/mol. The van der Waals surface area contributed by atoms with Crippen molar-refractivity contribution in [2.75, 3.05) is 13.7 Å². The van der Waals surface area contributed by atoms with Gasteiger partial charge in [-0.15, -0.1) is 11.3 Å². The van der Waals surface area contributed by atoms with E-state index in [2.05, 4.69) is 4.72 Å². The van der Waals surface area contributed by atoms with Gasteiger partial charge in [-0.05, 0) is 29.1 Å². The first-order valence-corrected chi connectivity index (χ1v) is 8.20. The molecule has 1 heterocycles. The first kappa shape index (κ1) is 15.1. The highest BCUT2D eigenvalue weighted by molar-refractivity contribution is 7.91. The number of sulfonamides is 1. The van der Waals surface area contributed by atoms with E-state index in [0.29, 0.717) is 5.56 Å². The standard InChI is InChI=1S/C13H14FNO3S2/c1-18-12(10-4-2-5-11(14)8-10)9-15-20(16,17)13-6-3-7-19-13/h2-8,12,15H,9H2,1H3. The van der Waals surface area contributed by atoms with E-state index in [0.717, 1.165) is 11.3 Å². The van der Waals surface area contributed by atoms with Crippen molar-refractivity contribution in [2.24, 2.45) is 0 Å². The highest BCUT2D eigenvalue weighted by atomic mass is 32.2. The Morgan fingerprint density at radius 2 is 2.15 bits per heavy atom. The SMILES string of the molecule is COC(CNS(=O)(=O)c1cccs1)c1cccc(F)c1. The number of thiophene rings is 1. The molecular formula is C13H14FNO3S2. The Kier molecular flexibility index (Phi) is 4.87. The minimum absolute atomic E-state index is 0.0419. The summed E-state index contributed by atoms with van der Waals surface area (Å²) < 4.78 is 45.1. The topological polar surface area (TPSA) is 55.4 Å². The van der Waals surface area contributed by atoms with Crippen LogP contribution in [0.4, 0.5) is 4.39 Å². The van der Waals surface area contributed by atoms with Crippen LogP contribution < -0.4 is 4.72 Å². The third-order valence-corrected chi connectivity index (χ3v) is 5.54. The minimum atomic E-state index is -3.55. The molecule has 0 fully saturated rings. The van der Waals surface area contributed by atoms with Crippen LogP contribution in [0.2, 0.25) is 0 Å². The predicted octanol–water partition coefficient (Wildman–Crippen LogP) is 2.55. The van der Waals surface area contributed by atoms with Crippen molar-refractivity contribution in [2.45, 2.75) is 10.3 Å². The molecule has 1 N–H and O–H groups in total. The Labute approximate surface area is 121 Å². The lowest BCUT2D eigenvalue weighted by Crippen LogP contribution is -2.28. The van der Waals surface area contributed by atoms with Crippen molar-refractivity contribution in [1.29, 1.82) is 0 Å². The summed E-state index contributed by atoms with van der Waals surface area (Å²) in [6.07, 6.45) is -0.541. The Balaban J connectivity index is 2.08. The van der Waals surface area contributed by atoms with Crippen LogP contribution in [-0.4, -0.2) is 22.1 Å². The maximum Gasteiger partial charge on any atom is 0.250 e. The lowest BCUT2D eigenvalue weighted by molar-refractivity contribution is 0.107. The Morgan fingerprint density at radius 3 is 2.75 bits per heavy atom. The fourth-order valence-corrected chi connectivity index (χ4v) is 3.79. The quantitative estimate of drug-likeness (QED) is 0.891. The van der Waals surface area contributed by atoms with E-state index in [4.69, 9.17) is 4.74 Å². The number of ether oxygens (including phenoxy) is 1. The number of halogens is 1. The third-order valence-electron chi connectivity index (χ3n) is 2.72. The Morgan fingerprint density at radius 1 is 1.35 bits per heavy atom. The van der Waals surface area contributed by atoms with Crippen LogP contribution in [0.3, 0.4) is 0 Å². The van der Waals surface area contributed by atoms with Crippen LogP contribution in [0, 0.1) is 5.82 Å². The maximum absolute atomic E-state index is 13.2. The molecule has 1 aromatic carbocycles. The number of nitrogens with one attached hydrogen (secondary N) is 1. The number of rotatable bonds is 6. The third kappa shape index (κ3) is 3.63. The van der Waals surface area contributed by atoms with E-state index >= 15 is 0 Å². The first-order valence-electron chi connectivity index (χ1n) is 5.84. The van der Waals surface area contributed by atoms with Gasteiger partial charge in [0.05, 0.1) is 6.10 Å².